The molecule has 0 fully saturated rings. The number of hydrogen-bond donors (Lipinski definition) is 2. The van der Waals surface area contributed by atoms with Crippen molar-refractivity contribution in [2.75, 3.05) is 0 Å². The van der Waals surface area contributed by atoms with Crippen LogP contribution in [0.5, 0.6) is 0 Å². The highest BCUT2D eigenvalue weighted by molar-refractivity contribution is 7.33. The number of rotatable bonds is 8. The summed E-state index contributed by atoms with van der Waals surface area (Å²) in [6.45, 7) is 29.0. The molecule has 0 saturated carbocycles. The van der Waals surface area contributed by atoms with E-state index in [0.29, 0.717) is 11.1 Å². The molecule has 0 aromatic heterocycles. The van der Waals surface area contributed by atoms with E-state index in [9.17, 15) is 14.8 Å². The lowest BCUT2D eigenvalue weighted by molar-refractivity contribution is -0.184. The van der Waals surface area contributed by atoms with Crippen molar-refractivity contribution in [2.45, 2.75) is 143 Å². The fraction of sp³-hybridized carbons (Fsp3) is 0.647. The van der Waals surface area contributed by atoms with Crippen LogP contribution in [0.15, 0.2) is 36.4 Å². The second-order valence-corrected chi connectivity index (χ2v) is 16.1. The zero-order valence-corrected chi connectivity index (χ0v) is 28.3. The Balaban J connectivity index is 2.55. The van der Waals surface area contributed by atoms with Gasteiger partial charge in [0.05, 0.1) is 0 Å². The van der Waals surface area contributed by atoms with E-state index < -0.39 is 19.8 Å². The highest BCUT2D eigenvalue weighted by Gasteiger charge is 2.48. The summed E-state index contributed by atoms with van der Waals surface area (Å²) in [6.07, 6.45) is 0.291. The van der Waals surface area contributed by atoms with Gasteiger partial charge in [0.25, 0.3) is 0 Å². The molecular formula is C34H54O5P+. The summed E-state index contributed by atoms with van der Waals surface area (Å²) in [6, 6.07) is 12.0. The van der Waals surface area contributed by atoms with Gasteiger partial charge in [0.15, 0.2) is 0 Å². The predicted molar refractivity (Wildman–Crippen MR) is 166 cm³/mol. The van der Waals surface area contributed by atoms with E-state index >= 15 is 0 Å². The molecule has 0 aliphatic carbocycles. The average molecular weight is 574 g/mol. The van der Waals surface area contributed by atoms with Crippen molar-refractivity contribution >= 4 is 8.25 Å². The maximum atomic E-state index is 13.4. The molecule has 6 heteroatoms. The monoisotopic (exact) mass is 573 g/mol. The Bertz CT molecular complexity index is 1050. The lowest BCUT2D eigenvalue weighted by Crippen LogP contribution is -2.31. The average Bonchev–Trinajstić information content (AvgIpc) is 2.81. The molecule has 0 heterocycles. The molecule has 0 radical (unpaired) electrons. The van der Waals surface area contributed by atoms with Gasteiger partial charge in [-0.05, 0) is 68.2 Å². The van der Waals surface area contributed by atoms with Crippen LogP contribution in [0.4, 0.5) is 0 Å². The second kappa shape index (κ2) is 11.6. The van der Waals surface area contributed by atoms with Gasteiger partial charge in [0.2, 0.25) is 11.6 Å². The molecular weight excluding hydrogens is 519 g/mol. The minimum absolute atomic E-state index is 0.146. The molecule has 0 bridgehead atoms. The van der Waals surface area contributed by atoms with Crippen LogP contribution in [0, 0.1) is 0 Å². The molecule has 5 nitrogen and oxygen atoms in total. The normalized spacial score (nSPS) is 16.9. The first-order chi connectivity index (χ1) is 17.9. The van der Waals surface area contributed by atoms with Crippen LogP contribution in [0.2, 0.25) is 0 Å². The van der Waals surface area contributed by atoms with Gasteiger partial charge in [-0.25, -0.2) is 0 Å². The smallest absolute Gasteiger partial charge is 0.358 e. The fourth-order valence-electron chi connectivity index (χ4n) is 4.35. The van der Waals surface area contributed by atoms with Gasteiger partial charge in [-0.15, -0.1) is 0 Å². The number of hydrogen-bond acceptors (Lipinski definition) is 5. The second-order valence-electron chi connectivity index (χ2n) is 15.3. The molecule has 40 heavy (non-hydrogen) atoms. The maximum absolute atomic E-state index is 13.4. The van der Waals surface area contributed by atoms with Gasteiger partial charge in [-0.1, -0.05) is 118 Å². The first-order valence-electron chi connectivity index (χ1n) is 14.5. The quantitative estimate of drug-likeness (QED) is 0.243. The Kier molecular flexibility index (Phi) is 10.0. The van der Waals surface area contributed by atoms with Crippen molar-refractivity contribution < 1.29 is 23.8 Å². The van der Waals surface area contributed by atoms with Crippen LogP contribution < -0.4 is 0 Å². The molecule has 224 valence electrons. The zero-order chi connectivity index (χ0) is 31.1. The van der Waals surface area contributed by atoms with Gasteiger partial charge in [0.1, 0.15) is 0 Å². The van der Waals surface area contributed by atoms with E-state index in [1.807, 2.05) is 24.3 Å². The zero-order valence-electron chi connectivity index (χ0n) is 27.4. The van der Waals surface area contributed by atoms with Crippen molar-refractivity contribution in [3.05, 3.63) is 69.8 Å². The standard InChI is InChI=1S/C34H54O5P/c1-15-33(35,27-19-23(29(3,4)5)17-24(20-27)30(6,7)8)38-40(37)39-34(36,16-2)28-21-25(31(9,10)11)18-26(22-28)32(12,13)14/h17-22,35-36H,15-16H2,1-14H3/q+1. The molecule has 2 N–H and O–H groups in total. The Labute approximate surface area is 244 Å². The Morgan fingerprint density at radius 3 is 0.875 bits per heavy atom. The molecule has 2 unspecified atom stereocenters. The summed E-state index contributed by atoms with van der Waals surface area (Å²) in [7, 11) is -2.92. The van der Waals surface area contributed by atoms with Crippen LogP contribution in [-0.2, 0) is 46.8 Å². The highest BCUT2D eigenvalue weighted by Crippen LogP contribution is 2.46. The highest BCUT2D eigenvalue weighted by atomic mass is 31.1. The van der Waals surface area contributed by atoms with Crippen molar-refractivity contribution in [3.63, 3.8) is 0 Å². The Morgan fingerprint density at radius 2 is 0.700 bits per heavy atom. The van der Waals surface area contributed by atoms with Crippen molar-refractivity contribution in [1.29, 1.82) is 0 Å². The van der Waals surface area contributed by atoms with Crippen LogP contribution >= 0.6 is 8.25 Å². The van der Waals surface area contributed by atoms with Crippen LogP contribution in [0.1, 0.15) is 143 Å². The van der Waals surface area contributed by atoms with E-state index in [0.717, 1.165) is 22.3 Å². The van der Waals surface area contributed by atoms with Crippen molar-refractivity contribution in [3.8, 4) is 0 Å². The summed E-state index contributed by atoms with van der Waals surface area (Å²) < 4.78 is 25.1. The maximum Gasteiger partial charge on any atom is 0.704 e. The summed E-state index contributed by atoms with van der Waals surface area (Å²) >= 11 is 0. The minimum Gasteiger partial charge on any atom is -0.358 e. The molecule has 0 aliphatic rings. The van der Waals surface area contributed by atoms with E-state index in [2.05, 4.69) is 95.2 Å². The summed E-state index contributed by atoms with van der Waals surface area (Å²) in [4.78, 5) is 0. The summed E-state index contributed by atoms with van der Waals surface area (Å²) in [5.74, 6) is -3.74. The first kappa shape index (κ1) is 34.6. The summed E-state index contributed by atoms with van der Waals surface area (Å²) in [5, 5.41) is 23.4. The van der Waals surface area contributed by atoms with Gasteiger partial charge in [-0.2, -0.15) is 0 Å². The molecule has 2 aromatic rings. The topological polar surface area (TPSA) is 76.0 Å². The van der Waals surface area contributed by atoms with E-state index in [1.165, 1.54) is 0 Å². The van der Waals surface area contributed by atoms with Crippen LogP contribution in [0.3, 0.4) is 0 Å². The van der Waals surface area contributed by atoms with Crippen molar-refractivity contribution in [1.82, 2.24) is 0 Å². The van der Waals surface area contributed by atoms with Gasteiger partial charge in [0, 0.05) is 28.5 Å². The third kappa shape index (κ3) is 8.23. The number of benzene rings is 2. The van der Waals surface area contributed by atoms with Crippen LogP contribution in [0.25, 0.3) is 0 Å². The van der Waals surface area contributed by atoms with Gasteiger partial charge in [-0.3, -0.25) is 0 Å². The fourth-order valence-corrected chi connectivity index (χ4v) is 5.35. The van der Waals surface area contributed by atoms with Gasteiger partial charge < -0.3 is 10.2 Å². The first-order valence-corrected chi connectivity index (χ1v) is 15.6. The van der Waals surface area contributed by atoms with Crippen molar-refractivity contribution in [2.24, 2.45) is 0 Å². The van der Waals surface area contributed by atoms with E-state index in [4.69, 9.17) is 9.05 Å². The lowest BCUT2D eigenvalue weighted by atomic mass is 9.78. The molecule has 0 saturated heterocycles. The van der Waals surface area contributed by atoms with E-state index in [-0.39, 0.29) is 34.5 Å². The SMILES string of the molecule is CCC(O)(O[P+](=O)OC(O)(CC)c1cc(C(C)(C)C)cc(C(C)(C)C)c1)c1cc(C(C)(C)C)cc(C(C)(C)C)c1. The molecule has 2 rings (SSSR count). The largest absolute Gasteiger partial charge is 0.704 e. The third-order valence-corrected chi connectivity index (χ3v) is 8.54. The lowest BCUT2D eigenvalue weighted by Gasteiger charge is -2.30. The minimum atomic E-state index is -2.92. The summed E-state index contributed by atoms with van der Waals surface area (Å²) in [5.41, 5.74) is 4.52. The van der Waals surface area contributed by atoms with Gasteiger partial charge >= 0.3 is 8.25 Å². The molecule has 0 spiro atoms. The van der Waals surface area contributed by atoms with E-state index in [1.54, 1.807) is 13.8 Å². The Morgan fingerprint density at radius 1 is 0.500 bits per heavy atom. The number of aliphatic hydroxyl groups is 2. The third-order valence-electron chi connectivity index (χ3n) is 7.64. The Hall–Kier alpha value is -1.62. The van der Waals surface area contributed by atoms with Crippen LogP contribution in [-0.4, -0.2) is 10.2 Å². The predicted octanol–water partition coefficient (Wildman–Crippen LogP) is 9.38. The molecule has 2 aromatic carbocycles. The molecule has 0 aliphatic heterocycles. The molecule has 0 amide bonds. The molecule has 2 atom stereocenters.